The van der Waals surface area contributed by atoms with Crippen LogP contribution in [0.15, 0.2) is 18.2 Å². The zero-order valence-corrected chi connectivity index (χ0v) is 11.1. The van der Waals surface area contributed by atoms with E-state index in [0.717, 1.165) is 6.42 Å². The van der Waals surface area contributed by atoms with Gasteiger partial charge in [-0.2, -0.15) is 0 Å². The maximum Gasteiger partial charge on any atom is 0.254 e. The molecule has 0 spiro atoms. The summed E-state index contributed by atoms with van der Waals surface area (Å²) in [5.41, 5.74) is 0.407. The molecule has 2 unspecified atom stereocenters. The second-order valence-electron chi connectivity index (χ2n) is 4.60. The van der Waals surface area contributed by atoms with Crippen LogP contribution in [-0.4, -0.2) is 36.4 Å². The molecule has 1 saturated heterocycles. The van der Waals surface area contributed by atoms with E-state index in [1.165, 1.54) is 12.1 Å². The van der Waals surface area contributed by atoms with Gasteiger partial charge in [0, 0.05) is 12.2 Å². The van der Waals surface area contributed by atoms with Crippen LogP contribution in [0.3, 0.4) is 0 Å². The van der Waals surface area contributed by atoms with Crippen molar-refractivity contribution in [1.29, 1.82) is 0 Å². The third-order valence-electron chi connectivity index (χ3n) is 3.22. The SMILES string of the molecule is CC1OCCC1NC(=O)c1ccc(C#CCO)cc1F. The lowest BCUT2D eigenvalue weighted by Crippen LogP contribution is -2.39. The Kier molecular flexibility index (Phi) is 4.72. The van der Waals surface area contributed by atoms with E-state index in [9.17, 15) is 9.18 Å². The number of carbonyl (C=O) groups excluding carboxylic acids is 1. The van der Waals surface area contributed by atoms with E-state index in [2.05, 4.69) is 17.2 Å². The van der Waals surface area contributed by atoms with Gasteiger partial charge in [0.25, 0.3) is 5.91 Å². The van der Waals surface area contributed by atoms with Gasteiger partial charge in [0.1, 0.15) is 12.4 Å². The molecule has 1 aliphatic heterocycles. The fourth-order valence-electron chi connectivity index (χ4n) is 2.09. The highest BCUT2D eigenvalue weighted by Gasteiger charge is 2.26. The first-order valence-corrected chi connectivity index (χ1v) is 6.43. The van der Waals surface area contributed by atoms with Gasteiger partial charge < -0.3 is 15.2 Å². The summed E-state index contributed by atoms with van der Waals surface area (Å²) in [6, 6.07) is 4.05. The fraction of sp³-hybridized carbons (Fsp3) is 0.400. The van der Waals surface area contributed by atoms with Gasteiger partial charge >= 0.3 is 0 Å². The first kappa shape index (κ1) is 14.5. The van der Waals surface area contributed by atoms with Gasteiger partial charge in [0.2, 0.25) is 0 Å². The molecule has 2 atom stereocenters. The summed E-state index contributed by atoms with van der Waals surface area (Å²) in [6.07, 6.45) is 0.672. The van der Waals surface area contributed by atoms with Crippen LogP contribution in [0.1, 0.15) is 29.3 Å². The third kappa shape index (κ3) is 3.35. The van der Waals surface area contributed by atoms with Crippen LogP contribution >= 0.6 is 0 Å². The summed E-state index contributed by atoms with van der Waals surface area (Å²) >= 11 is 0. The number of carbonyl (C=O) groups is 1. The zero-order valence-electron chi connectivity index (χ0n) is 11.1. The third-order valence-corrected chi connectivity index (χ3v) is 3.22. The molecule has 0 radical (unpaired) electrons. The number of hydrogen-bond donors (Lipinski definition) is 2. The van der Waals surface area contributed by atoms with Crippen molar-refractivity contribution in [1.82, 2.24) is 5.32 Å². The number of nitrogens with one attached hydrogen (secondary N) is 1. The summed E-state index contributed by atoms with van der Waals surface area (Å²) < 4.78 is 19.2. The van der Waals surface area contributed by atoms with Crippen molar-refractivity contribution in [3.8, 4) is 11.8 Å². The quantitative estimate of drug-likeness (QED) is 0.795. The first-order valence-electron chi connectivity index (χ1n) is 6.43. The van der Waals surface area contributed by atoms with Crippen LogP contribution in [0.4, 0.5) is 4.39 Å². The van der Waals surface area contributed by atoms with Crippen LogP contribution in [0.25, 0.3) is 0 Å². The van der Waals surface area contributed by atoms with Gasteiger partial charge in [-0.1, -0.05) is 11.8 Å². The predicted octanol–water partition coefficient (Wildman–Crippen LogP) is 1.08. The van der Waals surface area contributed by atoms with Crippen molar-refractivity contribution in [2.75, 3.05) is 13.2 Å². The molecule has 1 heterocycles. The largest absolute Gasteiger partial charge is 0.384 e. The molecule has 5 heteroatoms. The smallest absolute Gasteiger partial charge is 0.254 e. The molecule has 4 nitrogen and oxygen atoms in total. The normalized spacial score (nSPS) is 21.1. The minimum Gasteiger partial charge on any atom is -0.384 e. The molecule has 2 rings (SSSR count). The highest BCUT2D eigenvalue weighted by molar-refractivity contribution is 5.94. The number of hydrogen-bond acceptors (Lipinski definition) is 3. The molecule has 0 aromatic heterocycles. The molecule has 106 valence electrons. The van der Waals surface area contributed by atoms with Crippen molar-refractivity contribution in [3.63, 3.8) is 0 Å². The number of rotatable bonds is 2. The summed E-state index contributed by atoms with van der Waals surface area (Å²) in [5.74, 6) is 3.94. The Labute approximate surface area is 116 Å². The molecule has 0 saturated carbocycles. The number of aliphatic hydroxyl groups is 1. The molecule has 1 fully saturated rings. The highest BCUT2D eigenvalue weighted by atomic mass is 19.1. The summed E-state index contributed by atoms with van der Waals surface area (Å²) in [6.45, 7) is 2.19. The Bertz CT molecular complexity index is 562. The van der Waals surface area contributed by atoms with Crippen LogP contribution in [0.2, 0.25) is 0 Å². The summed E-state index contributed by atoms with van der Waals surface area (Å²) in [7, 11) is 0. The Morgan fingerprint density at radius 3 is 3.00 bits per heavy atom. The van der Waals surface area contributed by atoms with Crippen molar-refractivity contribution < 1.29 is 19.0 Å². The molecule has 2 N–H and O–H groups in total. The van der Waals surface area contributed by atoms with Gasteiger partial charge in [0.15, 0.2) is 0 Å². The molecule has 1 aromatic carbocycles. The van der Waals surface area contributed by atoms with Crippen molar-refractivity contribution >= 4 is 5.91 Å². The Morgan fingerprint density at radius 2 is 2.40 bits per heavy atom. The molecular weight excluding hydrogens is 261 g/mol. The Hall–Kier alpha value is -1.90. The van der Waals surface area contributed by atoms with E-state index in [4.69, 9.17) is 9.84 Å². The second-order valence-corrected chi connectivity index (χ2v) is 4.60. The molecular formula is C15H16FNO3. The number of benzene rings is 1. The van der Waals surface area contributed by atoms with E-state index in [1.807, 2.05) is 6.92 Å². The number of amides is 1. The van der Waals surface area contributed by atoms with Gasteiger partial charge in [-0.15, -0.1) is 0 Å². The van der Waals surface area contributed by atoms with E-state index in [0.29, 0.717) is 12.2 Å². The van der Waals surface area contributed by atoms with E-state index >= 15 is 0 Å². The predicted molar refractivity (Wildman–Crippen MR) is 71.6 cm³/mol. The first-order chi connectivity index (χ1) is 9.61. The van der Waals surface area contributed by atoms with E-state index in [-0.39, 0.29) is 24.3 Å². The van der Waals surface area contributed by atoms with Gasteiger partial charge in [-0.25, -0.2) is 4.39 Å². The number of halogens is 1. The maximum absolute atomic E-state index is 13.9. The number of aliphatic hydroxyl groups excluding tert-OH is 1. The Morgan fingerprint density at radius 1 is 1.60 bits per heavy atom. The van der Waals surface area contributed by atoms with Crippen molar-refractivity contribution in [2.45, 2.75) is 25.5 Å². The highest BCUT2D eigenvalue weighted by Crippen LogP contribution is 2.15. The van der Waals surface area contributed by atoms with E-state index < -0.39 is 11.7 Å². The van der Waals surface area contributed by atoms with Crippen LogP contribution in [-0.2, 0) is 4.74 Å². The summed E-state index contributed by atoms with van der Waals surface area (Å²) in [5, 5.41) is 11.3. The second kappa shape index (κ2) is 6.51. The Balaban J connectivity index is 2.10. The zero-order chi connectivity index (χ0) is 14.5. The van der Waals surface area contributed by atoms with Crippen LogP contribution in [0, 0.1) is 17.7 Å². The average molecular weight is 277 g/mol. The molecule has 0 bridgehead atoms. The topological polar surface area (TPSA) is 58.6 Å². The lowest BCUT2D eigenvalue weighted by Gasteiger charge is -2.16. The standard InChI is InChI=1S/C15H16FNO3/c1-10-14(6-8-20-10)17-15(19)12-5-4-11(3-2-7-18)9-13(12)16/h4-5,9-10,14,18H,6-8H2,1H3,(H,17,19). The van der Waals surface area contributed by atoms with Crippen molar-refractivity contribution in [3.05, 3.63) is 35.1 Å². The van der Waals surface area contributed by atoms with Crippen molar-refractivity contribution in [2.24, 2.45) is 0 Å². The monoisotopic (exact) mass is 277 g/mol. The lowest BCUT2D eigenvalue weighted by molar-refractivity contribution is 0.0862. The molecule has 1 aliphatic rings. The van der Waals surface area contributed by atoms with Gasteiger partial charge in [-0.05, 0) is 31.5 Å². The molecule has 1 aromatic rings. The molecule has 0 aliphatic carbocycles. The van der Waals surface area contributed by atoms with E-state index in [1.54, 1.807) is 6.07 Å². The average Bonchev–Trinajstić information content (AvgIpc) is 2.82. The molecule has 20 heavy (non-hydrogen) atoms. The summed E-state index contributed by atoms with van der Waals surface area (Å²) in [4.78, 5) is 12.0. The lowest BCUT2D eigenvalue weighted by atomic mass is 10.1. The number of ether oxygens (including phenoxy) is 1. The van der Waals surface area contributed by atoms with Gasteiger partial charge in [0.05, 0.1) is 17.7 Å². The van der Waals surface area contributed by atoms with Crippen LogP contribution < -0.4 is 5.32 Å². The minimum absolute atomic E-state index is 0.0151. The maximum atomic E-state index is 13.9. The minimum atomic E-state index is -0.626. The van der Waals surface area contributed by atoms with Crippen LogP contribution in [0.5, 0.6) is 0 Å². The fourth-order valence-corrected chi connectivity index (χ4v) is 2.09. The van der Waals surface area contributed by atoms with Gasteiger partial charge in [-0.3, -0.25) is 4.79 Å². The molecule has 1 amide bonds.